The van der Waals surface area contributed by atoms with Crippen molar-refractivity contribution in [2.45, 2.75) is 19.5 Å². The minimum Gasteiger partial charge on any atom is -0.480 e. The maximum absolute atomic E-state index is 12.3. The molecular formula is C14H18N4O3. The van der Waals surface area contributed by atoms with Crippen molar-refractivity contribution in [1.82, 2.24) is 19.6 Å². The Morgan fingerprint density at radius 3 is 2.76 bits per heavy atom. The largest absolute Gasteiger partial charge is 0.480 e. The maximum Gasteiger partial charge on any atom is 0.325 e. The van der Waals surface area contributed by atoms with Crippen LogP contribution < -0.4 is 5.32 Å². The number of amides is 1. The van der Waals surface area contributed by atoms with Crippen LogP contribution in [0.25, 0.3) is 5.65 Å². The van der Waals surface area contributed by atoms with Crippen molar-refractivity contribution in [3.8, 4) is 0 Å². The lowest BCUT2D eigenvalue weighted by Gasteiger charge is -2.12. The van der Waals surface area contributed by atoms with Crippen LogP contribution in [-0.4, -0.2) is 51.4 Å². The first-order chi connectivity index (χ1) is 9.90. The molecule has 7 nitrogen and oxygen atoms in total. The number of aromatic nitrogens is 2. The maximum atomic E-state index is 12.3. The van der Waals surface area contributed by atoms with Crippen molar-refractivity contribution in [3.05, 3.63) is 35.8 Å². The Kier molecular flexibility index (Phi) is 4.23. The minimum absolute atomic E-state index is 0.253. The standard InChI is InChI=1S/C14H18N4O3/c1-9(14(20)21)15-13(19)12-10(8-17(2)3)18-7-5-4-6-11(18)16-12/h4-7,9H,8H2,1-3H3,(H,15,19)(H,20,21). The summed E-state index contributed by atoms with van der Waals surface area (Å²) in [5, 5.41) is 11.3. The van der Waals surface area contributed by atoms with Gasteiger partial charge in [0.1, 0.15) is 11.7 Å². The number of carbonyl (C=O) groups is 2. The molecule has 0 saturated carbocycles. The third kappa shape index (κ3) is 3.19. The van der Waals surface area contributed by atoms with Crippen molar-refractivity contribution in [1.29, 1.82) is 0 Å². The number of hydrogen-bond acceptors (Lipinski definition) is 4. The van der Waals surface area contributed by atoms with Gasteiger partial charge in [0, 0.05) is 12.7 Å². The van der Waals surface area contributed by atoms with Gasteiger partial charge in [-0.25, -0.2) is 4.98 Å². The van der Waals surface area contributed by atoms with Crippen LogP contribution in [0, 0.1) is 0 Å². The summed E-state index contributed by atoms with van der Waals surface area (Å²) in [5.41, 5.74) is 1.64. The molecular weight excluding hydrogens is 272 g/mol. The monoisotopic (exact) mass is 290 g/mol. The number of carboxylic acids is 1. The van der Waals surface area contributed by atoms with Gasteiger partial charge in [-0.05, 0) is 33.2 Å². The van der Waals surface area contributed by atoms with E-state index < -0.39 is 17.9 Å². The SMILES string of the molecule is CC(NC(=O)c1nc2ccccn2c1CN(C)C)C(=O)O. The van der Waals surface area contributed by atoms with Gasteiger partial charge in [0.05, 0.1) is 5.69 Å². The Morgan fingerprint density at radius 2 is 2.14 bits per heavy atom. The van der Waals surface area contributed by atoms with Crippen LogP contribution in [0.2, 0.25) is 0 Å². The molecule has 112 valence electrons. The molecule has 0 bridgehead atoms. The molecule has 1 amide bonds. The van der Waals surface area contributed by atoms with E-state index in [4.69, 9.17) is 5.11 Å². The number of pyridine rings is 1. The van der Waals surface area contributed by atoms with Gasteiger partial charge < -0.3 is 19.7 Å². The fourth-order valence-corrected chi connectivity index (χ4v) is 2.01. The zero-order valence-corrected chi connectivity index (χ0v) is 12.2. The second kappa shape index (κ2) is 5.92. The molecule has 2 aromatic heterocycles. The lowest BCUT2D eigenvalue weighted by atomic mass is 10.2. The van der Waals surface area contributed by atoms with E-state index in [9.17, 15) is 9.59 Å². The van der Waals surface area contributed by atoms with Crippen molar-refractivity contribution in [2.24, 2.45) is 0 Å². The Hall–Kier alpha value is -2.41. The molecule has 0 aliphatic rings. The number of imidazole rings is 1. The smallest absolute Gasteiger partial charge is 0.325 e. The molecule has 0 spiro atoms. The third-order valence-electron chi connectivity index (χ3n) is 3.03. The second-order valence-corrected chi connectivity index (χ2v) is 5.11. The van der Waals surface area contributed by atoms with Gasteiger partial charge in [-0.3, -0.25) is 9.59 Å². The van der Waals surface area contributed by atoms with Gasteiger partial charge in [-0.1, -0.05) is 6.07 Å². The number of aliphatic carboxylic acids is 1. The molecule has 7 heteroatoms. The van der Waals surface area contributed by atoms with Crippen LogP contribution in [0.5, 0.6) is 0 Å². The topological polar surface area (TPSA) is 86.9 Å². The predicted octanol–water partition coefficient (Wildman–Crippen LogP) is 0.599. The quantitative estimate of drug-likeness (QED) is 0.842. The van der Waals surface area contributed by atoms with Gasteiger partial charge in [0.25, 0.3) is 5.91 Å². The zero-order valence-electron chi connectivity index (χ0n) is 12.2. The van der Waals surface area contributed by atoms with Gasteiger partial charge in [0.2, 0.25) is 0 Å². The molecule has 0 saturated heterocycles. The van der Waals surface area contributed by atoms with E-state index >= 15 is 0 Å². The summed E-state index contributed by atoms with van der Waals surface area (Å²) in [6, 6.07) is 4.53. The number of carboxylic acid groups (broad SMARTS) is 1. The van der Waals surface area contributed by atoms with E-state index in [1.165, 1.54) is 6.92 Å². The highest BCUT2D eigenvalue weighted by molar-refractivity contribution is 5.96. The number of fused-ring (bicyclic) bond motifs is 1. The fourth-order valence-electron chi connectivity index (χ4n) is 2.01. The summed E-state index contributed by atoms with van der Waals surface area (Å²) in [4.78, 5) is 29.3. The highest BCUT2D eigenvalue weighted by Crippen LogP contribution is 2.14. The average Bonchev–Trinajstić information content (AvgIpc) is 2.77. The molecule has 21 heavy (non-hydrogen) atoms. The summed E-state index contributed by atoms with van der Waals surface area (Å²) in [7, 11) is 3.79. The first-order valence-corrected chi connectivity index (χ1v) is 6.54. The van der Waals surface area contributed by atoms with Gasteiger partial charge in [-0.15, -0.1) is 0 Å². The molecule has 1 atom stereocenters. The van der Waals surface area contributed by atoms with Gasteiger partial charge >= 0.3 is 5.97 Å². The third-order valence-corrected chi connectivity index (χ3v) is 3.03. The highest BCUT2D eigenvalue weighted by atomic mass is 16.4. The Morgan fingerprint density at radius 1 is 1.43 bits per heavy atom. The van der Waals surface area contributed by atoms with Gasteiger partial charge in [-0.2, -0.15) is 0 Å². The minimum atomic E-state index is -1.08. The fraction of sp³-hybridized carbons (Fsp3) is 0.357. The number of nitrogens with zero attached hydrogens (tertiary/aromatic N) is 3. The Bertz CT molecular complexity index is 678. The summed E-state index contributed by atoms with van der Waals surface area (Å²) < 4.78 is 1.83. The van der Waals surface area contributed by atoms with E-state index in [-0.39, 0.29) is 5.69 Å². The predicted molar refractivity (Wildman–Crippen MR) is 77.1 cm³/mol. The van der Waals surface area contributed by atoms with E-state index in [0.29, 0.717) is 12.2 Å². The summed E-state index contributed by atoms with van der Waals surface area (Å²) in [5.74, 6) is -1.56. The van der Waals surface area contributed by atoms with Crippen molar-refractivity contribution in [2.75, 3.05) is 14.1 Å². The summed E-state index contributed by atoms with van der Waals surface area (Å²) in [6.45, 7) is 1.94. The molecule has 0 aliphatic heterocycles. The van der Waals surface area contributed by atoms with Gasteiger partial charge in [0.15, 0.2) is 5.69 Å². The first-order valence-electron chi connectivity index (χ1n) is 6.54. The molecule has 2 heterocycles. The summed E-state index contributed by atoms with van der Waals surface area (Å²) >= 11 is 0. The van der Waals surface area contributed by atoms with Crippen LogP contribution in [0.3, 0.4) is 0 Å². The Labute approximate surface area is 122 Å². The summed E-state index contributed by atoms with van der Waals surface area (Å²) in [6.07, 6.45) is 1.83. The molecule has 1 unspecified atom stereocenters. The van der Waals surface area contributed by atoms with E-state index in [2.05, 4.69) is 10.3 Å². The first kappa shape index (κ1) is 15.0. The van der Waals surface area contributed by atoms with Crippen molar-refractivity contribution >= 4 is 17.5 Å². The van der Waals surface area contributed by atoms with Crippen LogP contribution in [0.1, 0.15) is 23.1 Å². The van der Waals surface area contributed by atoms with Crippen molar-refractivity contribution in [3.63, 3.8) is 0 Å². The number of carbonyl (C=O) groups excluding carboxylic acids is 1. The molecule has 2 N–H and O–H groups in total. The number of nitrogens with one attached hydrogen (secondary N) is 1. The van der Waals surface area contributed by atoms with Crippen molar-refractivity contribution < 1.29 is 14.7 Å². The van der Waals surface area contributed by atoms with E-state index in [1.807, 2.05) is 41.7 Å². The molecule has 0 fully saturated rings. The average molecular weight is 290 g/mol. The van der Waals surface area contributed by atoms with Crippen LogP contribution in [0.4, 0.5) is 0 Å². The van der Waals surface area contributed by atoms with Crippen LogP contribution in [-0.2, 0) is 11.3 Å². The molecule has 2 rings (SSSR count). The van der Waals surface area contributed by atoms with Crippen LogP contribution in [0.15, 0.2) is 24.4 Å². The molecule has 0 radical (unpaired) electrons. The van der Waals surface area contributed by atoms with E-state index in [0.717, 1.165) is 5.69 Å². The Balaban J connectivity index is 2.42. The molecule has 2 aromatic rings. The molecule has 0 aromatic carbocycles. The van der Waals surface area contributed by atoms with Crippen LogP contribution >= 0.6 is 0 Å². The second-order valence-electron chi connectivity index (χ2n) is 5.11. The van der Waals surface area contributed by atoms with E-state index in [1.54, 1.807) is 6.07 Å². The number of rotatable bonds is 5. The normalized spacial score (nSPS) is 12.6. The number of hydrogen-bond donors (Lipinski definition) is 2. The lowest BCUT2D eigenvalue weighted by molar-refractivity contribution is -0.138. The zero-order chi connectivity index (χ0) is 15.6. The highest BCUT2D eigenvalue weighted by Gasteiger charge is 2.22. The lowest BCUT2D eigenvalue weighted by Crippen LogP contribution is -2.39. The molecule has 0 aliphatic carbocycles.